The number of nitrogens with zero attached hydrogens (tertiary/aromatic N) is 2. The summed E-state index contributed by atoms with van der Waals surface area (Å²) in [5.74, 6) is -0.190. The second-order valence-corrected chi connectivity index (χ2v) is 8.82. The van der Waals surface area contributed by atoms with E-state index in [1.54, 1.807) is 16.7 Å². The molecule has 1 heterocycles. The third-order valence-electron chi connectivity index (χ3n) is 3.47. The molecule has 0 saturated heterocycles. The number of hydrogen-bond acceptors (Lipinski definition) is 4. The Hall–Kier alpha value is -1.05. The molecule has 0 bridgehead atoms. The Bertz CT molecular complexity index is 631. The van der Waals surface area contributed by atoms with Crippen molar-refractivity contribution in [3.63, 3.8) is 0 Å². The van der Waals surface area contributed by atoms with Gasteiger partial charge >= 0.3 is 0 Å². The first-order chi connectivity index (χ1) is 9.79. The molecule has 1 aromatic rings. The maximum absolute atomic E-state index is 12.5. The Morgan fingerprint density at radius 1 is 1.43 bits per heavy atom. The maximum Gasteiger partial charge on any atom is 0.242 e. The van der Waals surface area contributed by atoms with Crippen molar-refractivity contribution in [1.29, 1.82) is 0 Å². The van der Waals surface area contributed by atoms with Crippen LogP contribution in [0.15, 0.2) is 29.2 Å². The fourth-order valence-corrected chi connectivity index (χ4v) is 3.60. The Balaban J connectivity index is 2.25. The predicted molar refractivity (Wildman–Crippen MR) is 86.2 cm³/mol. The molecule has 0 spiro atoms. The van der Waals surface area contributed by atoms with Crippen LogP contribution < -0.4 is 4.90 Å². The Kier molecular flexibility index (Phi) is 4.95. The van der Waals surface area contributed by atoms with Gasteiger partial charge in [0.25, 0.3) is 0 Å². The number of likely N-dealkylation sites (N-methyl/N-ethyl adjacent to an activating group) is 1. The van der Waals surface area contributed by atoms with Gasteiger partial charge in [0.15, 0.2) is 0 Å². The number of thioether (sulfide) groups is 1. The van der Waals surface area contributed by atoms with E-state index >= 15 is 0 Å². The van der Waals surface area contributed by atoms with Gasteiger partial charge in [-0.2, -0.15) is 4.31 Å². The summed E-state index contributed by atoms with van der Waals surface area (Å²) in [6.07, 6.45) is 1.99. The lowest BCUT2D eigenvalue weighted by molar-refractivity contribution is -0.118. The first-order valence-electron chi connectivity index (χ1n) is 6.76. The Morgan fingerprint density at radius 3 is 2.76 bits per heavy atom. The van der Waals surface area contributed by atoms with Crippen LogP contribution in [0.5, 0.6) is 0 Å². The van der Waals surface area contributed by atoms with Crippen LogP contribution in [-0.2, 0) is 14.8 Å². The van der Waals surface area contributed by atoms with Crippen molar-refractivity contribution < 1.29 is 13.2 Å². The summed E-state index contributed by atoms with van der Waals surface area (Å²) in [5, 5.41) is 0.427. The van der Waals surface area contributed by atoms with Crippen LogP contribution in [0.1, 0.15) is 13.3 Å². The molecular weight excluding hydrogens is 308 g/mol. The molecule has 0 saturated carbocycles. The van der Waals surface area contributed by atoms with E-state index in [1.165, 1.54) is 7.05 Å². The van der Waals surface area contributed by atoms with Crippen LogP contribution >= 0.6 is 11.8 Å². The van der Waals surface area contributed by atoms with Crippen LogP contribution in [0.25, 0.3) is 0 Å². The zero-order valence-electron chi connectivity index (χ0n) is 12.4. The molecule has 1 aliphatic heterocycles. The first kappa shape index (κ1) is 16.3. The minimum Gasteiger partial charge on any atom is -0.310 e. The first-order valence-corrected chi connectivity index (χ1v) is 9.49. The zero-order chi connectivity index (χ0) is 15.6. The SMILES string of the molecule is CC1CCN(C(=O)CN(C)S(C)(=O)=O)c2ccccc2S1. The minimum absolute atomic E-state index is 0.133. The van der Waals surface area contributed by atoms with Gasteiger partial charge in [0, 0.05) is 23.7 Å². The molecule has 1 amide bonds. The van der Waals surface area contributed by atoms with Crippen LogP contribution in [0.3, 0.4) is 0 Å². The number of para-hydroxylation sites is 1. The van der Waals surface area contributed by atoms with E-state index in [0.29, 0.717) is 11.8 Å². The number of amides is 1. The fraction of sp³-hybridized carbons (Fsp3) is 0.500. The second-order valence-electron chi connectivity index (χ2n) is 5.25. The summed E-state index contributed by atoms with van der Waals surface area (Å²) in [7, 11) is -1.93. The zero-order valence-corrected chi connectivity index (χ0v) is 14.1. The number of carbonyl (C=O) groups is 1. The Morgan fingerprint density at radius 2 is 2.10 bits per heavy atom. The molecule has 21 heavy (non-hydrogen) atoms. The summed E-state index contributed by atoms with van der Waals surface area (Å²) in [6, 6.07) is 7.77. The molecule has 5 nitrogen and oxygen atoms in total. The average molecular weight is 328 g/mol. The van der Waals surface area contributed by atoms with Gasteiger partial charge in [-0.05, 0) is 18.6 Å². The van der Waals surface area contributed by atoms with Crippen LogP contribution in [0, 0.1) is 0 Å². The lowest BCUT2D eigenvalue weighted by Gasteiger charge is -2.24. The molecule has 1 aliphatic rings. The van der Waals surface area contributed by atoms with Crippen molar-refractivity contribution in [2.24, 2.45) is 0 Å². The highest BCUT2D eigenvalue weighted by Gasteiger charge is 2.26. The maximum atomic E-state index is 12.5. The van der Waals surface area contributed by atoms with Crippen LogP contribution in [-0.4, -0.2) is 50.3 Å². The topological polar surface area (TPSA) is 57.7 Å². The lowest BCUT2D eigenvalue weighted by atomic mass is 10.2. The predicted octanol–water partition coefficient (Wildman–Crippen LogP) is 1.80. The number of carbonyl (C=O) groups excluding carboxylic acids is 1. The monoisotopic (exact) mass is 328 g/mol. The molecule has 0 aromatic heterocycles. The van der Waals surface area contributed by atoms with Crippen molar-refractivity contribution in [3.8, 4) is 0 Å². The van der Waals surface area contributed by atoms with E-state index < -0.39 is 10.0 Å². The largest absolute Gasteiger partial charge is 0.310 e. The number of benzene rings is 1. The van der Waals surface area contributed by atoms with E-state index in [4.69, 9.17) is 0 Å². The highest BCUT2D eigenvalue weighted by atomic mass is 32.2. The van der Waals surface area contributed by atoms with Gasteiger partial charge in [-0.25, -0.2) is 8.42 Å². The van der Waals surface area contributed by atoms with Gasteiger partial charge < -0.3 is 4.90 Å². The molecule has 1 unspecified atom stereocenters. The van der Waals surface area contributed by atoms with E-state index in [2.05, 4.69) is 6.92 Å². The smallest absolute Gasteiger partial charge is 0.242 e. The number of fused-ring (bicyclic) bond motifs is 1. The number of rotatable bonds is 3. The van der Waals surface area contributed by atoms with Crippen molar-refractivity contribution >= 4 is 33.4 Å². The summed E-state index contributed by atoms with van der Waals surface area (Å²) in [6.45, 7) is 2.62. The quantitative estimate of drug-likeness (QED) is 0.849. The van der Waals surface area contributed by atoms with E-state index in [1.807, 2.05) is 24.3 Å². The summed E-state index contributed by atoms with van der Waals surface area (Å²) in [4.78, 5) is 15.3. The van der Waals surface area contributed by atoms with E-state index in [0.717, 1.165) is 27.6 Å². The molecular formula is C14H20N2O3S2. The van der Waals surface area contributed by atoms with Crippen molar-refractivity contribution in [1.82, 2.24) is 4.31 Å². The van der Waals surface area contributed by atoms with Gasteiger partial charge in [0.05, 0.1) is 18.5 Å². The van der Waals surface area contributed by atoms with Crippen LogP contribution in [0.2, 0.25) is 0 Å². The molecule has 0 aliphatic carbocycles. The summed E-state index contributed by atoms with van der Waals surface area (Å²) >= 11 is 1.75. The van der Waals surface area contributed by atoms with Crippen molar-refractivity contribution in [2.75, 3.05) is 31.3 Å². The molecule has 2 rings (SSSR count). The number of hydrogen-bond donors (Lipinski definition) is 0. The number of sulfonamides is 1. The molecule has 1 aromatic carbocycles. The van der Waals surface area contributed by atoms with Gasteiger partial charge in [-0.3, -0.25) is 4.79 Å². The highest BCUT2D eigenvalue weighted by molar-refractivity contribution is 8.00. The Labute approximate surface area is 130 Å². The summed E-state index contributed by atoms with van der Waals surface area (Å²) in [5.41, 5.74) is 0.874. The van der Waals surface area contributed by atoms with Gasteiger partial charge in [0.1, 0.15) is 0 Å². The van der Waals surface area contributed by atoms with Crippen molar-refractivity contribution in [3.05, 3.63) is 24.3 Å². The number of anilines is 1. The van der Waals surface area contributed by atoms with Gasteiger partial charge in [0.2, 0.25) is 15.9 Å². The van der Waals surface area contributed by atoms with E-state index in [9.17, 15) is 13.2 Å². The third kappa shape index (κ3) is 3.99. The average Bonchev–Trinajstić information content (AvgIpc) is 2.55. The van der Waals surface area contributed by atoms with Gasteiger partial charge in [-0.1, -0.05) is 19.1 Å². The second kappa shape index (κ2) is 6.37. The molecule has 116 valence electrons. The van der Waals surface area contributed by atoms with Crippen molar-refractivity contribution in [2.45, 2.75) is 23.5 Å². The molecule has 0 fully saturated rings. The normalized spacial score (nSPS) is 19.2. The summed E-state index contributed by atoms with van der Waals surface area (Å²) < 4.78 is 24.0. The molecule has 1 atom stereocenters. The highest BCUT2D eigenvalue weighted by Crippen LogP contribution is 2.37. The molecule has 0 N–H and O–H groups in total. The van der Waals surface area contributed by atoms with Crippen LogP contribution in [0.4, 0.5) is 5.69 Å². The minimum atomic E-state index is -3.35. The molecule has 7 heteroatoms. The lowest BCUT2D eigenvalue weighted by Crippen LogP contribution is -2.41. The third-order valence-corrected chi connectivity index (χ3v) is 5.97. The standard InChI is InChI=1S/C14H20N2O3S2/c1-11-8-9-16(12-6-4-5-7-13(12)20-11)14(17)10-15(2)21(3,18)19/h4-7,11H,8-10H2,1-3H3. The van der Waals surface area contributed by atoms with E-state index in [-0.39, 0.29) is 12.5 Å². The fourth-order valence-electron chi connectivity index (χ4n) is 2.14. The molecule has 0 radical (unpaired) electrons. The van der Waals surface area contributed by atoms with Gasteiger partial charge in [-0.15, -0.1) is 11.8 Å².